The molecule has 0 aliphatic carbocycles. The van der Waals surface area contributed by atoms with Crippen molar-refractivity contribution in [1.82, 2.24) is 14.9 Å². The van der Waals surface area contributed by atoms with Gasteiger partial charge in [0.25, 0.3) is 0 Å². The Kier molecular flexibility index (Phi) is 5.24. The highest BCUT2D eigenvalue weighted by Crippen LogP contribution is 2.36. The number of hydrogen-bond acceptors (Lipinski definition) is 3. The van der Waals surface area contributed by atoms with Crippen molar-refractivity contribution in [3.05, 3.63) is 102 Å². The van der Waals surface area contributed by atoms with Gasteiger partial charge in [0.05, 0.1) is 6.04 Å². The summed E-state index contributed by atoms with van der Waals surface area (Å²) in [7, 11) is 2.14. The highest BCUT2D eigenvalue weighted by Gasteiger charge is 2.23. The molecule has 1 aliphatic rings. The molecule has 0 saturated heterocycles. The number of aromatic nitrogens is 2. The van der Waals surface area contributed by atoms with E-state index in [-0.39, 0.29) is 6.04 Å². The standard InChI is InChI=1S/C22H23N3/c1-4-6-17(5-2)21-15-20(18-7-11-23-12-8-18)16-22(25(21)3)19-9-13-24-14-10-19/h4-16,22H,1-3H3/b6-4-,17-5+. The minimum atomic E-state index is 0.159. The summed E-state index contributed by atoms with van der Waals surface area (Å²) < 4.78 is 0. The number of likely N-dealkylation sites (N-methyl/N-ethyl adjacent to an activating group) is 1. The van der Waals surface area contributed by atoms with E-state index in [1.165, 1.54) is 28.0 Å². The van der Waals surface area contributed by atoms with Crippen molar-refractivity contribution in [1.29, 1.82) is 0 Å². The molecule has 0 amide bonds. The molecule has 0 N–H and O–H groups in total. The van der Waals surface area contributed by atoms with Gasteiger partial charge in [-0.1, -0.05) is 18.2 Å². The van der Waals surface area contributed by atoms with Gasteiger partial charge in [0.1, 0.15) is 0 Å². The molecule has 0 saturated carbocycles. The fourth-order valence-corrected chi connectivity index (χ4v) is 3.13. The van der Waals surface area contributed by atoms with Gasteiger partial charge in [-0.15, -0.1) is 0 Å². The van der Waals surface area contributed by atoms with Crippen LogP contribution in [-0.2, 0) is 0 Å². The molecule has 126 valence electrons. The summed E-state index contributed by atoms with van der Waals surface area (Å²) in [6.45, 7) is 4.13. The van der Waals surface area contributed by atoms with E-state index in [9.17, 15) is 0 Å². The van der Waals surface area contributed by atoms with Crippen molar-refractivity contribution < 1.29 is 0 Å². The first-order valence-electron chi connectivity index (χ1n) is 8.50. The third kappa shape index (κ3) is 3.61. The molecule has 0 spiro atoms. The summed E-state index contributed by atoms with van der Waals surface area (Å²) in [4.78, 5) is 10.6. The lowest BCUT2D eigenvalue weighted by Crippen LogP contribution is -2.26. The first kappa shape index (κ1) is 16.9. The van der Waals surface area contributed by atoms with Crippen molar-refractivity contribution in [3.8, 4) is 0 Å². The monoisotopic (exact) mass is 329 g/mol. The summed E-state index contributed by atoms with van der Waals surface area (Å²) in [5.74, 6) is 0. The van der Waals surface area contributed by atoms with E-state index in [4.69, 9.17) is 0 Å². The summed E-state index contributed by atoms with van der Waals surface area (Å²) in [6, 6.07) is 8.43. The summed E-state index contributed by atoms with van der Waals surface area (Å²) >= 11 is 0. The third-order valence-corrected chi connectivity index (χ3v) is 4.44. The molecular formula is C22H23N3. The Morgan fingerprint density at radius 1 is 1.00 bits per heavy atom. The molecule has 3 heterocycles. The maximum atomic E-state index is 4.16. The Morgan fingerprint density at radius 3 is 2.24 bits per heavy atom. The van der Waals surface area contributed by atoms with Crippen molar-refractivity contribution >= 4 is 5.57 Å². The van der Waals surface area contributed by atoms with Crippen LogP contribution in [0.25, 0.3) is 5.57 Å². The van der Waals surface area contributed by atoms with E-state index in [2.05, 4.69) is 83.5 Å². The minimum absolute atomic E-state index is 0.159. The maximum Gasteiger partial charge on any atom is 0.0733 e. The average Bonchev–Trinajstić information content (AvgIpc) is 2.68. The van der Waals surface area contributed by atoms with E-state index >= 15 is 0 Å². The van der Waals surface area contributed by atoms with Crippen molar-refractivity contribution in [2.24, 2.45) is 0 Å². The molecule has 0 radical (unpaired) electrons. The van der Waals surface area contributed by atoms with Crippen LogP contribution < -0.4 is 0 Å². The van der Waals surface area contributed by atoms with Gasteiger partial charge in [0.15, 0.2) is 0 Å². The van der Waals surface area contributed by atoms with Crippen LogP contribution in [0.15, 0.2) is 90.7 Å². The Hall–Kier alpha value is -2.94. The molecule has 1 aliphatic heterocycles. The molecule has 3 nitrogen and oxygen atoms in total. The van der Waals surface area contributed by atoms with E-state index in [0.717, 1.165) is 0 Å². The van der Waals surface area contributed by atoms with E-state index in [1.807, 2.05) is 31.7 Å². The second kappa shape index (κ2) is 7.75. The summed E-state index contributed by atoms with van der Waals surface area (Å²) in [5.41, 5.74) is 6.03. The predicted octanol–water partition coefficient (Wildman–Crippen LogP) is 4.95. The predicted molar refractivity (Wildman–Crippen MR) is 104 cm³/mol. The van der Waals surface area contributed by atoms with Crippen LogP contribution >= 0.6 is 0 Å². The first-order chi connectivity index (χ1) is 12.2. The van der Waals surface area contributed by atoms with Gasteiger partial charge in [0.2, 0.25) is 0 Å². The largest absolute Gasteiger partial charge is 0.364 e. The van der Waals surface area contributed by atoms with Gasteiger partial charge in [-0.3, -0.25) is 9.97 Å². The van der Waals surface area contributed by atoms with Gasteiger partial charge in [-0.2, -0.15) is 0 Å². The fourth-order valence-electron chi connectivity index (χ4n) is 3.13. The lowest BCUT2D eigenvalue weighted by Gasteiger charge is -2.35. The zero-order valence-electron chi connectivity index (χ0n) is 14.9. The quantitative estimate of drug-likeness (QED) is 0.743. The van der Waals surface area contributed by atoms with Crippen LogP contribution in [0.5, 0.6) is 0 Å². The average molecular weight is 329 g/mol. The number of pyridine rings is 2. The van der Waals surface area contributed by atoms with Crippen LogP contribution in [-0.4, -0.2) is 21.9 Å². The van der Waals surface area contributed by atoms with Crippen molar-refractivity contribution in [3.63, 3.8) is 0 Å². The topological polar surface area (TPSA) is 29.0 Å². The van der Waals surface area contributed by atoms with Gasteiger partial charge in [-0.05, 0) is 72.5 Å². The lowest BCUT2D eigenvalue weighted by atomic mass is 9.92. The second-order valence-electron chi connectivity index (χ2n) is 5.97. The molecule has 3 heteroatoms. The molecule has 3 rings (SSSR count). The maximum absolute atomic E-state index is 4.16. The SMILES string of the molecule is C/C=C\C(=C/C)C1=CC(c2ccncc2)=CC(c2ccncc2)N1C. The summed E-state index contributed by atoms with van der Waals surface area (Å²) in [6.07, 6.45) is 18.3. The normalized spacial score (nSPS) is 18.3. The zero-order chi connectivity index (χ0) is 17.6. The van der Waals surface area contributed by atoms with Gasteiger partial charge < -0.3 is 4.90 Å². The number of nitrogens with zero attached hydrogens (tertiary/aromatic N) is 3. The molecule has 0 aromatic carbocycles. The summed E-state index contributed by atoms with van der Waals surface area (Å²) in [5, 5.41) is 0. The second-order valence-corrected chi connectivity index (χ2v) is 5.97. The Labute approximate surface area is 149 Å². The van der Waals surface area contributed by atoms with Crippen LogP contribution in [0.1, 0.15) is 31.0 Å². The first-order valence-corrected chi connectivity index (χ1v) is 8.50. The number of hydrogen-bond donors (Lipinski definition) is 0. The van der Waals surface area contributed by atoms with E-state index in [0.29, 0.717) is 0 Å². The van der Waals surface area contributed by atoms with E-state index < -0.39 is 0 Å². The zero-order valence-corrected chi connectivity index (χ0v) is 14.9. The molecule has 2 aromatic heterocycles. The molecule has 2 aromatic rings. The molecule has 1 unspecified atom stereocenters. The van der Waals surface area contributed by atoms with Crippen molar-refractivity contribution in [2.45, 2.75) is 19.9 Å². The number of allylic oxidation sites excluding steroid dienone is 5. The molecule has 1 atom stereocenters. The smallest absolute Gasteiger partial charge is 0.0733 e. The van der Waals surface area contributed by atoms with Gasteiger partial charge in [-0.25, -0.2) is 0 Å². The van der Waals surface area contributed by atoms with Crippen LogP contribution in [0.2, 0.25) is 0 Å². The molecular weight excluding hydrogens is 306 g/mol. The van der Waals surface area contributed by atoms with E-state index in [1.54, 1.807) is 0 Å². The Bertz CT molecular complexity index is 830. The lowest BCUT2D eigenvalue weighted by molar-refractivity contribution is 0.364. The molecule has 0 fully saturated rings. The fraction of sp³-hybridized carbons (Fsp3) is 0.182. The van der Waals surface area contributed by atoms with Crippen LogP contribution in [0, 0.1) is 0 Å². The van der Waals surface area contributed by atoms with Crippen LogP contribution in [0.3, 0.4) is 0 Å². The Balaban J connectivity index is 2.12. The molecule has 25 heavy (non-hydrogen) atoms. The Morgan fingerprint density at radius 2 is 1.64 bits per heavy atom. The highest BCUT2D eigenvalue weighted by molar-refractivity contribution is 5.77. The number of rotatable bonds is 4. The minimum Gasteiger partial charge on any atom is -0.364 e. The highest BCUT2D eigenvalue weighted by atomic mass is 15.1. The van der Waals surface area contributed by atoms with Crippen molar-refractivity contribution in [2.75, 3.05) is 7.05 Å². The van der Waals surface area contributed by atoms with Crippen LogP contribution in [0.4, 0.5) is 0 Å². The third-order valence-electron chi connectivity index (χ3n) is 4.44. The molecule has 0 bridgehead atoms. The van der Waals surface area contributed by atoms with Gasteiger partial charge >= 0.3 is 0 Å². The van der Waals surface area contributed by atoms with Gasteiger partial charge in [0, 0.05) is 37.5 Å².